The van der Waals surface area contributed by atoms with Gasteiger partial charge >= 0.3 is 10.5 Å². The Kier molecular flexibility index (Phi) is 3.71. The van der Waals surface area contributed by atoms with Crippen molar-refractivity contribution < 1.29 is 21.2 Å². The summed E-state index contributed by atoms with van der Waals surface area (Å²) in [5, 5.41) is 0. The minimum Gasteiger partial charge on any atom is -0.483 e. The van der Waals surface area contributed by atoms with E-state index in [2.05, 4.69) is 4.18 Å². The van der Waals surface area contributed by atoms with Gasteiger partial charge in [-0.1, -0.05) is 9.95 Å². The zero-order chi connectivity index (χ0) is 17.5. The number of ether oxygens (including phenoxy) is 1. The van der Waals surface area contributed by atoms with E-state index in [0.717, 1.165) is 0 Å². The van der Waals surface area contributed by atoms with Gasteiger partial charge in [0.05, 0.1) is 5.70 Å². The largest absolute Gasteiger partial charge is 0.488 e. The first-order chi connectivity index (χ1) is 11.1. The third-order valence-corrected chi connectivity index (χ3v) is 3.75. The molecule has 0 saturated heterocycles. The molecule has 0 amide bonds. The maximum absolute atomic E-state index is 12.8. The number of benzene rings is 1. The number of pyridine rings is 1. The molecule has 126 valence electrons. The molecule has 0 atom stereocenters. The summed E-state index contributed by atoms with van der Waals surface area (Å²) in [5.74, 6) is 0.214. The van der Waals surface area contributed by atoms with Gasteiger partial charge in [-0.2, -0.15) is 8.42 Å². The van der Waals surface area contributed by atoms with Crippen molar-refractivity contribution in [2.24, 2.45) is 0 Å². The summed E-state index contributed by atoms with van der Waals surface area (Å²) in [6.07, 6.45) is 3.31. The fourth-order valence-corrected chi connectivity index (χ4v) is 2.84. The molecule has 1 aliphatic rings. The highest BCUT2D eigenvalue weighted by atomic mass is 32.3. The Morgan fingerprint density at radius 3 is 2.62 bits per heavy atom. The Morgan fingerprint density at radius 1 is 1.21 bits per heavy atom. The number of hydrogen-bond donors (Lipinski definition) is 0. The van der Waals surface area contributed by atoms with Gasteiger partial charge in [-0.05, 0) is 44.2 Å². The molecule has 0 saturated carbocycles. The second kappa shape index (κ2) is 5.48. The molecule has 24 heavy (non-hydrogen) atoms. The highest BCUT2D eigenvalue weighted by Gasteiger charge is 2.28. The van der Waals surface area contributed by atoms with Gasteiger partial charge in [0.2, 0.25) is 0 Å². The molecule has 0 fully saturated rings. The van der Waals surface area contributed by atoms with Crippen LogP contribution in [-0.4, -0.2) is 18.6 Å². The summed E-state index contributed by atoms with van der Waals surface area (Å²) >= 11 is 0. The van der Waals surface area contributed by atoms with Crippen LogP contribution in [0.3, 0.4) is 0 Å². The lowest BCUT2D eigenvalue weighted by Crippen LogP contribution is -2.32. The number of rotatable bonds is 3. The van der Waals surface area contributed by atoms with Crippen molar-refractivity contribution in [3.8, 4) is 11.5 Å². The van der Waals surface area contributed by atoms with Gasteiger partial charge in [0.15, 0.2) is 0 Å². The molecule has 6 nitrogen and oxygen atoms in total. The fourth-order valence-electron chi connectivity index (χ4n) is 2.51. The third kappa shape index (κ3) is 3.33. The molecule has 0 aliphatic carbocycles. The lowest BCUT2D eigenvalue weighted by atomic mass is 9.98. The first kappa shape index (κ1) is 16.3. The van der Waals surface area contributed by atoms with Gasteiger partial charge in [-0.3, -0.25) is 9.36 Å². The van der Waals surface area contributed by atoms with Crippen LogP contribution in [0.1, 0.15) is 19.4 Å². The summed E-state index contributed by atoms with van der Waals surface area (Å²) in [7, 11) is -5.15. The van der Waals surface area contributed by atoms with Crippen molar-refractivity contribution in [3.63, 3.8) is 0 Å². The molecule has 0 spiro atoms. The normalized spacial score (nSPS) is 15.9. The molecule has 8 heteroatoms. The number of hydrogen-bond acceptors (Lipinski definition) is 5. The summed E-state index contributed by atoms with van der Waals surface area (Å²) in [6.45, 7) is 3.64. The predicted octanol–water partition coefficient (Wildman–Crippen LogP) is 2.50. The van der Waals surface area contributed by atoms with Crippen molar-refractivity contribution in [1.82, 2.24) is 4.57 Å². The Hall–Kier alpha value is -2.61. The van der Waals surface area contributed by atoms with Gasteiger partial charge < -0.3 is 8.92 Å². The summed E-state index contributed by atoms with van der Waals surface area (Å²) < 4.78 is 45.6. The number of nitrogens with zero attached hydrogens (tertiary/aromatic N) is 1. The summed E-state index contributed by atoms with van der Waals surface area (Å²) in [4.78, 5) is 12.1. The van der Waals surface area contributed by atoms with Crippen LogP contribution in [0.25, 0.3) is 5.70 Å². The minimum atomic E-state index is -5.15. The highest BCUT2D eigenvalue weighted by molar-refractivity contribution is 7.81. The maximum Gasteiger partial charge on any atom is 0.488 e. The average molecular weight is 351 g/mol. The Balaban J connectivity index is 2.19. The molecular weight excluding hydrogens is 337 g/mol. The standard InChI is InChI=1S/C16H14FNO5S/c1-16(2)10-13(18-8-4-3-5-15(18)19)12-9-11(23-24(17,20)21)6-7-14(12)22-16/h3-10H,1-2H3. The molecule has 2 aromatic rings. The number of fused-ring (bicyclic) bond motifs is 1. The quantitative estimate of drug-likeness (QED) is 0.795. The third-order valence-electron chi connectivity index (χ3n) is 3.36. The van der Waals surface area contributed by atoms with Crippen LogP contribution in [0.15, 0.2) is 53.5 Å². The SMILES string of the molecule is CC1(C)C=C(n2ccccc2=O)c2cc(OS(=O)(=O)F)ccc2O1. The molecule has 0 bridgehead atoms. The average Bonchev–Trinajstić information content (AvgIpc) is 2.45. The van der Waals surface area contributed by atoms with Gasteiger partial charge in [0.25, 0.3) is 5.56 Å². The van der Waals surface area contributed by atoms with Crippen LogP contribution < -0.4 is 14.5 Å². The number of halogens is 1. The molecule has 3 rings (SSSR count). The van der Waals surface area contributed by atoms with E-state index in [0.29, 0.717) is 17.0 Å². The first-order valence-corrected chi connectivity index (χ1v) is 8.34. The van der Waals surface area contributed by atoms with Crippen LogP contribution in [0.5, 0.6) is 11.5 Å². The molecule has 2 heterocycles. The molecule has 0 radical (unpaired) electrons. The van der Waals surface area contributed by atoms with E-state index in [1.807, 2.05) is 13.8 Å². The van der Waals surface area contributed by atoms with Crippen LogP contribution in [0, 0.1) is 0 Å². The fraction of sp³-hybridized carbons (Fsp3) is 0.188. The number of aromatic nitrogens is 1. The van der Waals surface area contributed by atoms with E-state index in [-0.39, 0.29) is 11.3 Å². The van der Waals surface area contributed by atoms with Crippen molar-refractivity contribution in [3.05, 3.63) is 64.6 Å². The lowest BCUT2D eigenvalue weighted by Gasteiger charge is -2.31. The van der Waals surface area contributed by atoms with E-state index in [4.69, 9.17) is 4.74 Å². The van der Waals surface area contributed by atoms with E-state index in [9.17, 15) is 17.1 Å². The van der Waals surface area contributed by atoms with E-state index < -0.39 is 16.1 Å². The summed E-state index contributed by atoms with van der Waals surface area (Å²) in [6, 6.07) is 8.76. The van der Waals surface area contributed by atoms with Crippen LogP contribution >= 0.6 is 0 Å². The van der Waals surface area contributed by atoms with E-state index in [1.54, 1.807) is 24.4 Å². The zero-order valence-electron chi connectivity index (χ0n) is 12.9. The molecular formula is C16H14FNO5S. The monoisotopic (exact) mass is 351 g/mol. The van der Waals surface area contributed by atoms with Crippen molar-refractivity contribution in [2.75, 3.05) is 0 Å². The molecule has 1 aromatic heterocycles. The second-order valence-electron chi connectivity index (χ2n) is 5.78. The van der Waals surface area contributed by atoms with Crippen LogP contribution in [0.2, 0.25) is 0 Å². The summed E-state index contributed by atoms with van der Waals surface area (Å²) in [5.41, 5.74) is -0.0410. The van der Waals surface area contributed by atoms with Gasteiger partial charge in [-0.15, -0.1) is 0 Å². The van der Waals surface area contributed by atoms with E-state index >= 15 is 0 Å². The topological polar surface area (TPSA) is 74.6 Å². The van der Waals surface area contributed by atoms with Crippen LogP contribution in [-0.2, 0) is 10.5 Å². The van der Waals surface area contributed by atoms with E-state index in [1.165, 1.54) is 28.8 Å². The lowest BCUT2D eigenvalue weighted by molar-refractivity contribution is 0.157. The van der Waals surface area contributed by atoms with Crippen molar-refractivity contribution in [2.45, 2.75) is 19.4 Å². The minimum absolute atomic E-state index is 0.213. The molecule has 0 N–H and O–H groups in total. The Labute approximate surface area is 138 Å². The first-order valence-electron chi connectivity index (χ1n) is 7.03. The smallest absolute Gasteiger partial charge is 0.483 e. The Bertz CT molecular complexity index is 992. The highest BCUT2D eigenvalue weighted by Crippen LogP contribution is 2.38. The van der Waals surface area contributed by atoms with Gasteiger partial charge in [-0.25, -0.2) is 0 Å². The predicted molar refractivity (Wildman–Crippen MR) is 85.9 cm³/mol. The molecule has 0 unspecified atom stereocenters. The molecule has 1 aromatic carbocycles. The zero-order valence-corrected chi connectivity index (χ0v) is 13.7. The Morgan fingerprint density at radius 2 is 1.96 bits per heavy atom. The maximum atomic E-state index is 12.8. The van der Waals surface area contributed by atoms with Gasteiger partial charge in [0, 0.05) is 17.8 Å². The van der Waals surface area contributed by atoms with Crippen molar-refractivity contribution in [1.29, 1.82) is 0 Å². The van der Waals surface area contributed by atoms with Crippen molar-refractivity contribution >= 4 is 16.2 Å². The molecule has 1 aliphatic heterocycles. The van der Waals surface area contributed by atoms with Gasteiger partial charge in [0.1, 0.15) is 17.1 Å². The van der Waals surface area contributed by atoms with Crippen LogP contribution in [0.4, 0.5) is 3.89 Å². The second-order valence-corrected chi connectivity index (χ2v) is 6.73.